The minimum absolute atomic E-state index is 0.0255. The lowest BCUT2D eigenvalue weighted by Crippen LogP contribution is -2.46. The molecule has 3 N–H and O–H groups in total. The van der Waals surface area contributed by atoms with E-state index in [9.17, 15) is 20.1 Å². The van der Waals surface area contributed by atoms with Gasteiger partial charge in [-0.3, -0.25) is 4.79 Å². The van der Waals surface area contributed by atoms with Crippen LogP contribution in [0.3, 0.4) is 0 Å². The van der Waals surface area contributed by atoms with E-state index in [1.54, 1.807) is 38.1 Å². The zero-order valence-corrected chi connectivity index (χ0v) is 14.3. The molecule has 6 nitrogen and oxygen atoms in total. The Morgan fingerprint density at radius 1 is 1.12 bits per heavy atom. The molecular formula is C20H18O6. The van der Waals surface area contributed by atoms with Gasteiger partial charge in [-0.25, -0.2) is 0 Å². The van der Waals surface area contributed by atoms with Crippen LogP contribution >= 0.6 is 0 Å². The van der Waals surface area contributed by atoms with E-state index in [2.05, 4.69) is 0 Å². The van der Waals surface area contributed by atoms with Crippen LogP contribution in [0.2, 0.25) is 0 Å². The van der Waals surface area contributed by atoms with Gasteiger partial charge in [0.25, 0.3) is 0 Å². The van der Waals surface area contributed by atoms with E-state index in [0.29, 0.717) is 16.9 Å². The van der Waals surface area contributed by atoms with Crippen molar-refractivity contribution in [3.63, 3.8) is 0 Å². The summed E-state index contributed by atoms with van der Waals surface area (Å²) in [5.41, 5.74) is -0.603. The fourth-order valence-corrected chi connectivity index (χ4v) is 3.21. The maximum Gasteiger partial charge on any atom is 0.238 e. The maximum atomic E-state index is 12.7. The zero-order valence-electron chi connectivity index (χ0n) is 14.3. The lowest BCUT2D eigenvalue weighted by atomic mass is 9.90. The summed E-state index contributed by atoms with van der Waals surface area (Å²) >= 11 is 0. The monoisotopic (exact) mass is 354 g/mol. The SMILES string of the molecule is CC1(C)Oc2cc3oc(-c4ccccc4)c(O)c(=O)c3c(O)c2C[C@@H]1O. The van der Waals surface area contributed by atoms with Gasteiger partial charge in [-0.15, -0.1) is 0 Å². The smallest absolute Gasteiger partial charge is 0.238 e. The van der Waals surface area contributed by atoms with E-state index >= 15 is 0 Å². The fourth-order valence-electron chi connectivity index (χ4n) is 3.21. The van der Waals surface area contributed by atoms with Crippen LogP contribution in [-0.2, 0) is 6.42 Å². The number of aliphatic hydroxyl groups is 1. The average molecular weight is 354 g/mol. The minimum atomic E-state index is -0.845. The molecule has 134 valence electrons. The summed E-state index contributed by atoms with van der Waals surface area (Å²) in [4.78, 5) is 12.7. The molecule has 26 heavy (non-hydrogen) atoms. The number of aliphatic hydroxyl groups excluding tert-OH is 1. The molecule has 0 amide bonds. The highest BCUT2D eigenvalue weighted by Crippen LogP contribution is 2.43. The predicted molar refractivity (Wildman–Crippen MR) is 95.7 cm³/mol. The van der Waals surface area contributed by atoms with Gasteiger partial charge < -0.3 is 24.5 Å². The standard InChI is InChI=1S/C20H18O6/c1-20(2)14(21)8-11-12(26-20)9-13-15(16(11)22)17(23)18(24)19(25-13)10-6-4-3-5-7-10/h3-7,9,14,21-22,24H,8H2,1-2H3/t14-/m0/s1. The molecule has 0 spiro atoms. The molecule has 1 atom stereocenters. The summed E-state index contributed by atoms with van der Waals surface area (Å²) in [5, 5.41) is 31.0. The summed E-state index contributed by atoms with van der Waals surface area (Å²) in [5.74, 6) is -0.539. The molecule has 2 heterocycles. The molecule has 4 rings (SSSR count). The van der Waals surface area contributed by atoms with Crippen LogP contribution in [0.5, 0.6) is 17.2 Å². The minimum Gasteiger partial charge on any atom is -0.507 e. The molecule has 1 aliphatic heterocycles. The lowest BCUT2D eigenvalue weighted by Gasteiger charge is -2.37. The van der Waals surface area contributed by atoms with Crippen LogP contribution in [0.4, 0.5) is 0 Å². The van der Waals surface area contributed by atoms with Crippen molar-refractivity contribution in [2.75, 3.05) is 0 Å². The van der Waals surface area contributed by atoms with Gasteiger partial charge in [-0.1, -0.05) is 30.3 Å². The van der Waals surface area contributed by atoms with E-state index in [-0.39, 0.29) is 28.9 Å². The first-order chi connectivity index (χ1) is 12.3. The van der Waals surface area contributed by atoms with E-state index < -0.39 is 22.9 Å². The number of phenols is 1. The van der Waals surface area contributed by atoms with Crippen molar-refractivity contribution in [2.24, 2.45) is 0 Å². The first-order valence-corrected chi connectivity index (χ1v) is 8.26. The molecule has 1 aliphatic rings. The number of rotatable bonds is 1. The summed E-state index contributed by atoms with van der Waals surface area (Å²) < 4.78 is 11.6. The number of benzene rings is 2. The van der Waals surface area contributed by atoms with Crippen LogP contribution in [0.25, 0.3) is 22.3 Å². The van der Waals surface area contributed by atoms with Crippen molar-refractivity contribution in [1.29, 1.82) is 0 Å². The number of ether oxygens (including phenoxy) is 1. The van der Waals surface area contributed by atoms with Crippen molar-refractivity contribution >= 4 is 11.0 Å². The molecule has 0 unspecified atom stereocenters. The van der Waals surface area contributed by atoms with Crippen LogP contribution in [0.15, 0.2) is 45.6 Å². The Morgan fingerprint density at radius 3 is 2.50 bits per heavy atom. The third-order valence-corrected chi connectivity index (χ3v) is 4.81. The van der Waals surface area contributed by atoms with E-state index in [4.69, 9.17) is 9.15 Å². The Labute approximate surface area is 148 Å². The summed E-state index contributed by atoms with van der Waals surface area (Å²) in [7, 11) is 0. The average Bonchev–Trinajstić information content (AvgIpc) is 2.60. The number of phenolic OH excluding ortho intramolecular Hbond substituents is 1. The van der Waals surface area contributed by atoms with Gasteiger partial charge in [-0.2, -0.15) is 0 Å². The van der Waals surface area contributed by atoms with Crippen LogP contribution < -0.4 is 10.2 Å². The number of hydrogen-bond acceptors (Lipinski definition) is 6. The Morgan fingerprint density at radius 2 is 1.81 bits per heavy atom. The van der Waals surface area contributed by atoms with Crippen LogP contribution in [-0.4, -0.2) is 27.0 Å². The highest BCUT2D eigenvalue weighted by atomic mass is 16.5. The van der Waals surface area contributed by atoms with Gasteiger partial charge >= 0.3 is 0 Å². The number of aromatic hydroxyl groups is 2. The van der Waals surface area contributed by atoms with E-state index in [1.165, 1.54) is 6.07 Å². The molecule has 0 aliphatic carbocycles. The topological polar surface area (TPSA) is 100 Å². The summed E-state index contributed by atoms with van der Waals surface area (Å²) in [6.45, 7) is 3.48. The van der Waals surface area contributed by atoms with Crippen LogP contribution in [0.1, 0.15) is 19.4 Å². The predicted octanol–water partition coefficient (Wildman–Crippen LogP) is 2.95. The van der Waals surface area contributed by atoms with Gasteiger partial charge in [0, 0.05) is 23.6 Å². The quantitative estimate of drug-likeness (QED) is 0.621. The van der Waals surface area contributed by atoms with Crippen molar-refractivity contribution in [3.8, 4) is 28.6 Å². The molecule has 0 fully saturated rings. The lowest BCUT2D eigenvalue weighted by molar-refractivity contribution is -0.0415. The second-order valence-corrected chi connectivity index (χ2v) is 6.98. The zero-order chi connectivity index (χ0) is 18.6. The van der Waals surface area contributed by atoms with Crippen molar-refractivity contribution in [3.05, 3.63) is 52.2 Å². The molecule has 6 heteroatoms. The number of fused-ring (bicyclic) bond motifs is 2. The van der Waals surface area contributed by atoms with Crippen molar-refractivity contribution in [2.45, 2.75) is 32.0 Å². The number of hydrogen-bond donors (Lipinski definition) is 3. The molecule has 1 aromatic heterocycles. The van der Waals surface area contributed by atoms with E-state index in [1.807, 2.05) is 6.07 Å². The second-order valence-electron chi connectivity index (χ2n) is 6.98. The largest absolute Gasteiger partial charge is 0.507 e. The summed E-state index contributed by atoms with van der Waals surface area (Å²) in [6, 6.07) is 10.3. The van der Waals surface area contributed by atoms with Crippen molar-refractivity contribution < 1.29 is 24.5 Å². The molecule has 0 saturated heterocycles. The van der Waals surface area contributed by atoms with E-state index in [0.717, 1.165) is 0 Å². The summed E-state index contributed by atoms with van der Waals surface area (Å²) in [6.07, 6.45) is -0.715. The normalized spacial score (nSPS) is 18.3. The van der Waals surface area contributed by atoms with Gasteiger partial charge in [0.2, 0.25) is 11.2 Å². The first-order valence-electron chi connectivity index (χ1n) is 8.26. The highest BCUT2D eigenvalue weighted by Gasteiger charge is 2.38. The molecule has 2 aromatic carbocycles. The van der Waals surface area contributed by atoms with Gasteiger partial charge in [-0.05, 0) is 13.8 Å². The molecule has 3 aromatic rings. The highest BCUT2D eigenvalue weighted by molar-refractivity contribution is 5.90. The Kier molecular flexibility index (Phi) is 3.49. The Balaban J connectivity index is 2.02. The second kappa shape index (κ2) is 5.51. The molecule has 0 saturated carbocycles. The third kappa shape index (κ3) is 2.34. The molecule has 0 radical (unpaired) electrons. The van der Waals surface area contributed by atoms with Gasteiger partial charge in [0.05, 0.1) is 6.10 Å². The maximum absolute atomic E-state index is 12.7. The van der Waals surface area contributed by atoms with Gasteiger partial charge in [0.1, 0.15) is 28.1 Å². The molecular weight excluding hydrogens is 336 g/mol. The third-order valence-electron chi connectivity index (χ3n) is 4.81. The van der Waals surface area contributed by atoms with Crippen molar-refractivity contribution in [1.82, 2.24) is 0 Å². The Bertz CT molecular complexity index is 1070. The first kappa shape index (κ1) is 16.5. The Hall–Kier alpha value is -2.99. The fraction of sp³-hybridized carbons (Fsp3) is 0.250. The molecule has 0 bridgehead atoms. The van der Waals surface area contributed by atoms with Gasteiger partial charge in [0.15, 0.2) is 5.76 Å². The van der Waals surface area contributed by atoms with Crippen LogP contribution in [0, 0.1) is 0 Å².